The number of methoxy groups -OCH3 is 1. The van der Waals surface area contributed by atoms with Crippen LogP contribution >= 0.6 is 0 Å². The first-order valence-corrected chi connectivity index (χ1v) is 7.77. The topological polar surface area (TPSA) is 84.7 Å². The first kappa shape index (κ1) is 16.0. The molecule has 7 nitrogen and oxygen atoms in total. The molecule has 1 aliphatic rings. The second-order valence-corrected chi connectivity index (χ2v) is 5.75. The summed E-state index contributed by atoms with van der Waals surface area (Å²) in [7, 11) is 1.61. The molecule has 0 fully saturated rings. The Balaban J connectivity index is 1.86. The van der Waals surface area contributed by atoms with Crippen LogP contribution in [0.3, 0.4) is 0 Å². The molecule has 2 aromatic rings. The maximum atomic E-state index is 12.2. The minimum absolute atomic E-state index is 0.0128. The zero-order valence-electron chi connectivity index (χ0n) is 13.4. The lowest BCUT2D eigenvalue weighted by Crippen LogP contribution is -2.30. The molecule has 2 heterocycles. The summed E-state index contributed by atoms with van der Waals surface area (Å²) in [5.41, 5.74) is 1.52. The Morgan fingerprint density at radius 2 is 2.08 bits per heavy atom. The van der Waals surface area contributed by atoms with Gasteiger partial charge >= 0.3 is 5.97 Å². The monoisotopic (exact) mass is 329 g/mol. The van der Waals surface area contributed by atoms with Crippen molar-refractivity contribution in [2.45, 2.75) is 19.4 Å². The van der Waals surface area contributed by atoms with Crippen LogP contribution in [0.5, 0.6) is 5.75 Å². The number of carbonyl (C=O) groups excluding carboxylic acids is 1. The molecule has 0 bridgehead atoms. The molecule has 0 saturated carbocycles. The zero-order chi connectivity index (χ0) is 17.1. The largest absolute Gasteiger partial charge is 0.497 e. The van der Waals surface area contributed by atoms with E-state index in [1.54, 1.807) is 22.9 Å². The van der Waals surface area contributed by atoms with Gasteiger partial charge in [0.2, 0.25) is 0 Å². The first-order valence-electron chi connectivity index (χ1n) is 7.77. The molecule has 1 aliphatic heterocycles. The van der Waals surface area contributed by atoms with E-state index in [-0.39, 0.29) is 12.3 Å². The fourth-order valence-corrected chi connectivity index (χ4v) is 2.83. The number of carboxylic acid groups (broad SMARTS) is 1. The van der Waals surface area contributed by atoms with Crippen molar-refractivity contribution in [3.8, 4) is 5.75 Å². The van der Waals surface area contributed by atoms with Gasteiger partial charge in [-0.3, -0.25) is 14.3 Å². The average molecular weight is 329 g/mol. The fraction of sp³-hybridized carbons (Fsp3) is 0.353. The molecule has 24 heavy (non-hydrogen) atoms. The van der Waals surface area contributed by atoms with Crippen molar-refractivity contribution in [3.63, 3.8) is 0 Å². The molecular formula is C17H19N3O4. The molecule has 1 N–H and O–H groups in total. The highest BCUT2D eigenvalue weighted by molar-refractivity contribution is 6.01. The number of benzene rings is 1. The van der Waals surface area contributed by atoms with Gasteiger partial charge in [-0.15, -0.1) is 0 Å². The van der Waals surface area contributed by atoms with Crippen molar-refractivity contribution in [1.82, 2.24) is 9.78 Å². The highest BCUT2D eigenvalue weighted by atomic mass is 16.5. The van der Waals surface area contributed by atoms with Gasteiger partial charge in [-0.2, -0.15) is 5.10 Å². The van der Waals surface area contributed by atoms with Crippen LogP contribution in [0.25, 0.3) is 0 Å². The number of ether oxygens (including phenoxy) is 1. The number of fused-ring (bicyclic) bond motifs is 1. The number of aromatic nitrogens is 2. The first-order chi connectivity index (χ1) is 11.6. The third-order valence-corrected chi connectivity index (χ3v) is 4.00. The van der Waals surface area contributed by atoms with Gasteiger partial charge in [0.1, 0.15) is 12.3 Å². The number of nitrogens with zero attached hydrogens (tertiary/aromatic N) is 3. The zero-order valence-corrected chi connectivity index (χ0v) is 13.4. The van der Waals surface area contributed by atoms with Crippen molar-refractivity contribution >= 4 is 17.6 Å². The van der Waals surface area contributed by atoms with E-state index in [2.05, 4.69) is 5.10 Å². The molecule has 0 amide bonds. The molecule has 3 rings (SSSR count). The van der Waals surface area contributed by atoms with E-state index in [9.17, 15) is 9.59 Å². The van der Waals surface area contributed by atoms with E-state index < -0.39 is 5.97 Å². The van der Waals surface area contributed by atoms with Gasteiger partial charge in [0.25, 0.3) is 0 Å². The van der Waals surface area contributed by atoms with Crippen LogP contribution in [0.15, 0.2) is 30.5 Å². The Bertz CT molecular complexity index is 752. The summed E-state index contributed by atoms with van der Waals surface area (Å²) in [6.45, 7) is 0.871. The minimum Gasteiger partial charge on any atom is -0.497 e. The predicted octanol–water partition coefficient (Wildman–Crippen LogP) is 1.81. The Morgan fingerprint density at radius 1 is 1.33 bits per heavy atom. The van der Waals surface area contributed by atoms with Gasteiger partial charge in [-0.1, -0.05) is 12.1 Å². The van der Waals surface area contributed by atoms with Crippen LogP contribution in [-0.4, -0.2) is 46.8 Å². The standard InChI is InChI=1S/C17H19N3O4/c1-24-13-6-4-12(5-7-13)9-20-10-14-15(21)3-2-8-19(11-16(22)23)17(14)18-20/h4-7,10H,2-3,8-9,11H2,1H3,(H,22,23). The Labute approximate surface area is 139 Å². The minimum atomic E-state index is -0.931. The molecule has 0 saturated heterocycles. The van der Waals surface area contributed by atoms with Crippen molar-refractivity contribution in [2.75, 3.05) is 25.1 Å². The van der Waals surface area contributed by atoms with Crippen molar-refractivity contribution in [2.24, 2.45) is 0 Å². The summed E-state index contributed by atoms with van der Waals surface area (Å²) in [6.07, 6.45) is 2.76. The Hall–Kier alpha value is -2.83. The lowest BCUT2D eigenvalue weighted by atomic mass is 10.1. The molecule has 1 aromatic heterocycles. The van der Waals surface area contributed by atoms with Gasteiger partial charge < -0.3 is 14.7 Å². The number of ketones is 1. The summed E-state index contributed by atoms with van der Waals surface area (Å²) < 4.78 is 6.82. The normalized spacial score (nSPS) is 14.2. The maximum absolute atomic E-state index is 12.2. The Kier molecular flexibility index (Phi) is 4.50. The summed E-state index contributed by atoms with van der Waals surface area (Å²) in [6, 6.07) is 7.60. The highest BCUT2D eigenvalue weighted by Crippen LogP contribution is 2.25. The molecule has 1 aromatic carbocycles. The molecule has 0 aliphatic carbocycles. The van der Waals surface area contributed by atoms with Gasteiger partial charge in [0.05, 0.1) is 19.2 Å². The van der Waals surface area contributed by atoms with Crippen LogP contribution in [0, 0.1) is 0 Å². The molecule has 126 valence electrons. The summed E-state index contributed by atoms with van der Waals surface area (Å²) in [4.78, 5) is 25.0. The number of hydrogen-bond acceptors (Lipinski definition) is 5. The lowest BCUT2D eigenvalue weighted by Gasteiger charge is -2.18. The van der Waals surface area contributed by atoms with E-state index in [1.807, 2.05) is 24.3 Å². The predicted molar refractivity (Wildman–Crippen MR) is 87.7 cm³/mol. The quantitative estimate of drug-likeness (QED) is 0.900. The maximum Gasteiger partial charge on any atom is 0.323 e. The van der Waals surface area contributed by atoms with Crippen LogP contribution in [0.4, 0.5) is 5.82 Å². The second kappa shape index (κ2) is 6.74. The average Bonchev–Trinajstić information content (AvgIpc) is 2.92. The van der Waals surface area contributed by atoms with E-state index in [1.165, 1.54) is 0 Å². The van der Waals surface area contributed by atoms with Crippen LogP contribution in [0.2, 0.25) is 0 Å². The van der Waals surface area contributed by atoms with Crippen molar-refractivity contribution in [1.29, 1.82) is 0 Å². The molecule has 7 heteroatoms. The highest BCUT2D eigenvalue weighted by Gasteiger charge is 2.26. The number of Topliss-reactive ketones (excluding diaryl/α,β-unsaturated/α-hetero) is 1. The SMILES string of the molecule is COc1ccc(Cn2cc3c(n2)N(CC(=O)O)CCCC3=O)cc1. The molecule has 0 atom stereocenters. The van der Waals surface area contributed by atoms with Gasteiger partial charge in [-0.05, 0) is 24.1 Å². The van der Waals surface area contributed by atoms with E-state index in [0.29, 0.717) is 37.3 Å². The summed E-state index contributed by atoms with van der Waals surface area (Å²) >= 11 is 0. The summed E-state index contributed by atoms with van der Waals surface area (Å²) in [5, 5.41) is 13.5. The van der Waals surface area contributed by atoms with E-state index >= 15 is 0 Å². The number of carboxylic acids is 1. The molecular weight excluding hydrogens is 310 g/mol. The summed E-state index contributed by atoms with van der Waals surface area (Å²) in [5.74, 6) is 0.324. The van der Waals surface area contributed by atoms with Crippen molar-refractivity contribution < 1.29 is 19.4 Å². The fourth-order valence-electron chi connectivity index (χ4n) is 2.83. The number of rotatable bonds is 5. The van der Waals surface area contributed by atoms with Crippen LogP contribution < -0.4 is 9.64 Å². The van der Waals surface area contributed by atoms with Gasteiger partial charge in [-0.25, -0.2) is 0 Å². The van der Waals surface area contributed by atoms with Gasteiger partial charge in [0.15, 0.2) is 11.6 Å². The smallest absolute Gasteiger partial charge is 0.323 e. The number of aliphatic carboxylic acids is 1. The van der Waals surface area contributed by atoms with Crippen LogP contribution in [-0.2, 0) is 11.3 Å². The molecule has 0 spiro atoms. The van der Waals surface area contributed by atoms with E-state index in [4.69, 9.17) is 9.84 Å². The van der Waals surface area contributed by atoms with Gasteiger partial charge in [0, 0.05) is 19.2 Å². The number of anilines is 1. The van der Waals surface area contributed by atoms with Crippen molar-refractivity contribution in [3.05, 3.63) is 41.6 Å². The molecule has 0 unspecified atom stereocenters. The van der Waals surface area contributed by atoms with E-state index in [0.717, 1.165) is 11.3 Å². The number of carbonyl (C=O) groups is 2. The third-order valence-electron chi connectivity index (χ3n) is 4.00. The number of hydrogen-bond donors (Lipinski definition) is 1. The lowest BCUT2D eigenvalue weighted by molar-refractivity contribution is -0.135. The molecule has 0 radical (unpaired) electrons. The third kappa shape index (κ3) is 3.40. The van der Waals surface area contributed by atoms with Crippen LogP contribution in [0.1, 0.15) is 28.8 Å². The Morgan fingerprint density at radius 3 is 2.75 bits per heavy atom. The second-order valence-electron chi connectivity index (χ2n) is 5.75.